The van der Waals surface area contributed by atoms with Gasteiger partial charge in [0.05, 0.1) is 20.3 Å². The first-order valence-corrected chi connectivity index (χ1v) is 7.19. The fourth-order valence-corrected chi connectivity index (χ4v) is 2.73. The van der Waals surface area contributed by atoms with Gasteiger partial charge in [-0.15, -0.1) is 0 Å². The topological polar surface area (TPSA) is 76.1 Å². The van der Waals surface area contributed by atoms with Gasteiger partial charge in [0.15, 0.2) is 0 Å². The van der Waals surface area contributed by atoms with E-state index < -0.39 is 18.1 Å². The number of nitrogens with zero attached hydrogens (tertiary/aromatic N) is 1. The molecule has 0 radical (unpaired) electrons. The number of carbonyl (C=O) groups excluding carboxylic acids is 2. The molecule has 1 N–H and O–H groups in total. The van der Waals surface area contributed by atoms with Gasteiger partial charge in [0, 0.05) is 18.5 Å². The second-order valence-electron chi connectivity index (χ2n) is 5.40. The van der Waals surface area contributed by atoms with Gasteiger partial charge in [-0.05, 0) is 37.1 Å². The zero-order valence-corrected chi connectivity index (χ0v) is 13.0. The van der Waals surface area contributed by atoms with Crippen molar-refractivity contribution in [3.05, 3.63) is 29.3 Å². The van der Waals surface area contributed by atoms with Gasteiger partial charge in [-0.2, -0.15) is 0 Å². The molecule has 6 heteroatoms. The van der Waals surface area contributed by atoms with Crippen LogP contribution < -0.4 is 4.74 Å². The zero-order valence-electron chi connectivity index (χ0n) is 13.0. The number of piperidine rings is 1. The van der Waals surface area contributed by atoms with Crippen molar-refractivity contribution in [1.82, 2.24) is 4.90 Å². The summed E-state index contributed by atoms with van der Waals surface area (Å²) in [6.07, 6.45) is 0.0628. The molecule has 1 aliphatic heterocycles. The van der Waals surface area contributed by atoms with E-state index in [9.17, 15) is 14.7 Å². The number of rotatable bonds is 3. The average molecular weight is 307 g/mol. The molecule has 2 atom stereocenters. The molecule has 22 heavy (non-hydrogen) atoms. The molecule has 0 bridgehead atoms. The largest absolute Gasteiger partial charge is 0.496 e. The Kier molecular flexibility index (Phi) is 5.03. The number of aryl methyl sites for hydroxylation is 1. The van der Waals surface area contributed by atoms with Gasteiger partial charge in [-0.3, -0.25) is 4.79 Å². The lowest BCUT2D eigenvalue weighted by molar-refractivity contribution is -0.148. The Hall–Kier alpha value is -2.08. The number of ether oxygens (including phenoxy) is 2. The van der Waals surface area contributed by atoms with Crippen molar-refractivity contribution in [3.63, 3.8) is 0 Å². The molecule has 0 saturated carbocycles. The Bertz CT molecular complexity index is 572. The number of esters is 1. The summed E-state index contributed by atoms with van der Waals surface area (Å²) < 4.78 is 9.93. The van der Waals surface area contributed by atoms with Gasteiger partial charge in [-0.25, -0.2) is 4.79 Å². The van der Waals surface area contributed by atoms with Crippen LogP contribution in [0.3, 0.4) is 0 Å². The highest BCUT2D eigenvalue weighted by Crippen LogP contribution is 2.24. The molecule has 1 aliphatic rings. The minimum atomic E-state index is -0.747. The maximum atomic E-state index is 12.7. The van der Waals surface area contributed by atoms with Crippen LogP contribution in [0.1, 0.15) is 28.8 Å². The summed E-state index contributed by atoms with van der Waals surface area (Å²) in [7, 11) is 2.85. The second-order valence-corrected chi connectivity index (χ2v) is 5.40. The molecular weight excluding hydrogens is 286 g/mol. The Labute approximate surface area is 129 Å². The highest BCUT2D eigenvalue weighted by atomic mass is 16.5. The highest BCUT2D eigenvalue weighted by Gasteiger charge is 2.36. The summed E-state index contributed by atoms with van der Waals surface area (Å²) in [4.78, 5) is 26.0. The standard InChI is InChI=1S/C16H21NO5/c1-10-8-11(4-5-14(10)21-2)15(19)17-7-6-12(18)9-13(17)16(20)22-3/h4-5,8,12-13,18H,6-7,9H2,1-3H3/t12-,13+/m0/s1. The van der Waals surface area contributed by atoms with Gasteiger partial charge in [0.2, 0.25) is 0 Å². The summed E-state index contributed by atoms with van der Waals surface area (Å²) in [6.45, 7) is 2.18. The van der Waals surface area contributed by atoms with Crippen LogP contribution in [-0.4, -0.2) is 54.8 Å². The molecule has 1 saturated heterocycles. The third-order valence-corrected chi connectivity index (χ3v) is 3.95. The van der Waals surface area contributed by atoms with Crippen LogP contribution in [0.4, 0.5) is 0 Å². The molecule has 2 rings (SSSR count). The Morgan fingerprint density at radius 1 is 1.32 bits per heavy atom. The number of methoxy groups -OCH3 is 2. The van der Waals surface area contributed by atoms with Gasteiger partial charge in [0.25, 0.3) is 5.91 Å². The molecule has 1 amide bonds. The smallest absolute Gasteiger partial charge is 0.328 e. The summed E-state index contributed by atoms with van der Waals surface area (Å²) >= 11 is 0. The summed E-state index contributed by atoms with van der Waals surface area (Å²) in [6, 6.07) is 4.39. The molecule has 1 fully saturated rings. The molecule has 0 aliphatic carbocycles. The Morgan fingerprint density at radius 2 is 2.05 bits per heavy atom. The maximum Gasteiger partial charge on any atom is 0.328 e. The summed E-state index contributed by atoms with van der Waals surface area (Å²) in [5.74, 6) is -0.0412. The first kappa shape index (κ1) is 16.3. The predicted octanol–water partition coefficient (Wildman–Crippen LogP) is 1.14. The van der Waals surface area contributed by atoms with E-state index in [4.69, 9.17) is 9.47 Å². The van der Waals surface area contributed by atoms with E-state index in [1.165, 1.54) is 12.0 Å². The lowest BCUT2D eigenvalue weighted by Crippen LogP contribution is -2.51. The van der Waals surface area contributed by atoms with Crippen LogP contribution in [0.25, 0.3) is 0 Å². The molecule has 0 spiro atoms. The van der Waals surface area contributed by atoms with Gasteiger partial charge < -0.3 is 19.5 Å². The number of benzene rings is 1. The van der Waals surface area contributed by atoms with E-state index >= 15 is 0 Å². The lowest BCUT2D eigenvalue weighted by atomic mass is 9.98. The highest BCUT2D eigenvalue weighted by molar-refractivity contribution is 5.97. The van der Waals surface area contributed by atoms with Crippen molar-refractivity contribution in [2.45, 2.75) is 31.9 Å². The number of amides is 1. The number of hydrogen-bond donors (Lipinski definition) is 1. The minimum absolute atomic E-state index is 0.202. The fraction of sp³-hybridized carbons (Fsp3) is 0.500. The van der Waals surface area contributed by atoms with Crippen LogP contribution >= 0.6 is 0 Å². The van der Waals surface area contributed by atoms with E-state index in [0.29, 0.717) is 24.3 Å². The molecule has 1 aromatic carbocycles. The fourth-order valence-electron chi connectivity index (χ4n) is 2.73. The van der Waals surface area contributed by atoms with Crippen molar-refractivity contribution in [1.29, 1.82) is 0 Å². The SMILES string of the molecule is COC(=O)[C@H]1C[C@@H](O)CCN1C(=O)c1ccc(OC)c(C)c1. The number of likely N-dealkylation sites (tertiary alicyclic amines) is 1. The van der Waals surface area contributed by atoms with Crippen LogP contribution in [0.15, 0.2) is 18.2 Å². The van der Waals surface area contributed by atoms with Crippen LogP contribution in [0.5, 0.6) is 5.75 Å². The van der Waals surface area contributed by atoms with E-state index in [1.54, 1.807) is 25.3 Å². The third kappa shape index (κ3) is 3.22. The molecule has 0 unspecified atom stereocenters. The monoisotopic (exact) mass is 307 g/mol. The normalized spacial score (nSPS) is 21.4. The summed E-state index contributed by atoms with van der Waals surface area (Å²) in [5, 5.41) is 9.74. The van der Waals surface area contributed by atoms with Gasteiger partial charge in [0.1, 0.15) is 11.8 Å². The number of carbonyl (C=O) groups is 2. The number of aliphatic hydroxyl groups is 1. The van der Waals surface area contributed by atoms with Crippen LogP contribution in [0, 0.1) is 6.92 Å². The second kappa shape index (κ2) is 6.79. The van der Waals surface area contributed by atoms with Crippen molar-refractivity contribution < 1.29 is 24.2 Å². The first-order chi connectivity index (χ1) is 10.5. The average Bonchev–Trinajstić information content (AvgIpc) is 2.53. The van der Waals surface area contributed by atoms with Crippen molar-refractivity contribution >= 4 is 11.9 Å². The summed E-state index contributed by atoms with van der Waals surface area (Å²) in [5.41, 5.74) is 1.34. The molecular formula is C16H21NO5. The predicted molar refractivity (Wildman–Crippen MR) is 79.8 cm³/mol. The number of aliphatic hydroxyl groups excluding tert-OH is 1. The molecule has 1 aromatic rings. The van der Waals surface area contributed by atoms with Crippen molar-refractivity contribution in [3.8, 4) is 5.75 Å². The van der Waals surface area contributed by atoms with Gasteiger partial charge >= 0.3 is 5.97 Å². The van der Waals surface area contributed by atoms with E-state index in [2.05, 4.69) is 0 Å². The number of hydrogen-bond acceptors (Lipinski definition) is 5. The maximum absolute atomic E-state index is 12.7. The van der Waals surface area contributed by atoms with E-state index in [1.807, 2.05) is 6.92 Å². The van der Waals surface area contributed by atoms with E-state index in [-0.39, 0.29) is 12.3 Å². The third-order valence-electron chi connectivity index (χ3n) is 3.95. The van der Waals surface area contributed by atoms with Crippen molar-refractivity contribution in [2.24, 2.45) is 0 Å². The molecule has 0 aromatic heterocycles. The Morgan fingerprint density at radius 3 is 2.64 bits per heavy atom. The van der Waals surface area contributed by atoms with Crippen LogP contribution in [-0.2, 0) is 9.53 Å². The molecule has 1 heterocycles. The molecule has 6 nitrogen and oxygen atoms in total. The van der Waals surface area contributed by atoms with Crippen molar-refractivity contribution in [2.75, 3.05) is 20.8 Å². The molecule has 120 valence electrons. The quantitative estimate of drug-likeness (QED) is 0.848. The van der Waals surface area contributed by atoms with E-state index in [0.717, 1.165) is 5.56 Å². The minimum Gasteiger partial charge on any atom is -0.496 e. The first-order valence-electron chi connectivity index (χ1n) is 7.19. The van der Waals surface area contributed by atoms with Gasteiger partial charge in [-0.1, -0.05) is 0 Å². The van der Waals surface area contributed by atoms with Crippen LogP contribution in [0.2, 0.25) is 0 Å². The zero-order chi connectivity index (χ0) is 16.3. The lowest BCUT2D eigenvalue weighted by Gasteiger charge is -2.36. The Balaban J connectivity index is 2.26.